The number of alkyl halides is 3. The molecule has 0 radical (unpaired) electrons. The average molecular weight is 371 g/mol. The molecular weight excluding hydrogens is 351 g/mol. The van der Waals surface area contributed by atoms with Crippen LogP contribution < -0.4 is 10.1 Å². The number of nitrogens with zero attached hydrogens (tertiary/aromatic N) is 2. The van der Waals surface area contributed by atoms with Crippen molar-refractivity contribution in [3.8, 4) is 5.75 Å². The van der Waals surface area contributed by atoms with Gasteiger partial charge in [0.1, 0.15) is 11.5 Å². The molecule has 2 heterocycles. The van der Waals surface area contributed by atoms with E-state index in [1.54, 1.807) is 13.0 Å². The van der Waals surface area contributed by atoms with Crippen LogP contribution in [0.3, 0.4) is 0 Å². The molecule has 0 fully saturated rings. The van der Waals surface area contributed by atoms with Gasteiger partial charge in [-0.25, -0.2) is 0 Å². The van der Waals surface area contributed by atoms with Crippen molar-refractivity contribution in [3.63, 3.8) is 0 Å². The molecule has 9 heteroatoms. The molecule has 0 aromatic carbocycles. The summed E-state index contributed by atoms with van der Waals surface area (Å²) in [5.41, 5.74) is 0.640. The lowest BCUT2D eigenvalue weighted by Crippen LogP contribution is -2.27. The van der Waals surface area contributed by atoms with Crippen LogP contribution in [0, 0.1) is 5.92 Å². The van der Waals surface area contributed by atoms with Gasteiger partial charge in [-0.2, -0.15) is 13.2 Å². The van der Waals surface area contributed by atoms with Gasteiger partial charge in [0, 0.05) is 12.5 Å². The van der Waals surface area contributed by atoms with Gasteiger partial charge in [0.05, 0.1) is 17.9 Å². The lowest BCUT2D eigenvalue weighted by atomic mass is 10.1. The second-order valence-electron chi connectivity index (χ2n) is 6.29. The first kappa shape index (κ1) is 19.7. The fraction of sp³-hybridized carbons (Fsp3) is 0.471. The van der Waals surface area contributed by atoms with E-state index in [4.69, 9.17) is 4.52 Å². The Labute approximate surface area is 148 Å². The maximum atomic E-state index is 12.2. The van der Waals surface area contributed by atoms with Crippen LogP contribution in [0.5, 0.6) is 5.75 Å². The molecule has 0 aliphatic rings. The molecule has 2 aromatic heterocycles. The Bertz CT molecular complexity index is 727. The normalized spacial score (nSPS) is 12.9. The summed E-state index contributed by atoms with van der Waals surface area (Å²) >= 11 is 0. The maximum Gasteiger partial charge on any atom is 0.422 e. The molecule has 0 spiro atoms. The number of aromatic nitrogens is 2. The van der Waals surface area contributed by atoms with Crippen LogP contribution in [-0.2, 0) is 6.42 Å². The number of ether oxygens (including phenoxy) is 1. The van der Waals surface area contributed by atoms with Gasteiger partial charge >= 0.3 is 6.18 Å². The van der Waals surface area contributed by atoms with Gasteiger partial charge in [-0.05, 0) is 25.0 Å². The molecule has 142 valence electrons. The number of carbonyl (C=O) groups is 1. The summed E-state index contributed by atoms with van der Waals surface area (Å²) in [6, 6.07) is 3.98. The van der Waals surface area contributed by atoms with Crippen molar-refractivity contribution >= 4 is 5.91 Å². The van der Waals surface area contributed by atoms with E-state index in [1.807, 2.05) is 13.8 Å². The Morgan fingerprint density at radius 3 is 2.62 bits per heavy atom. The zero-order valence-corrected chi connectivity index (χ0v) is 14.6. The Hall–Kier alpha value is -2.58. The van der Waals surface area contributed by atoms with Gasteiger partial charge < -0.3 is 14.6 Å². The van der Waals surface area contributed by atoms with Gasteiger partial charge in [0.15, 0.2) is 12.3 Å². The molecule has 0 saturated heterocycles. The Morgan fingerprint density at radius 1 is 1.31 bits per heavy atom. The molecule has 1 amide bonds. The Morgan fingerprint density at radius 2 is 2.04 bits per heavy atom. The zero-order valence-electron chi connectivity index (χ0n) is 14.6. The Balaban J connectivity index is 1.93. The first-order valence-electron chi connectivity index (χ1n) is 8.06. The number of amides is 1. The van der Waals surface area contributed by atoms with Gasteiger partial charge in [0.2, 0.25) is 0 Å². The third kappa shape index (κ3) is 6.05. The molecule has 2 rings (SSSR count). The van der Waals surface area contributed by atoms with Crippen molar-refractivity contribution in [2.75, 3.05) is 6.61 Å². The summed E-state index contributed by atoms with van der Waals surface area (Å²) < 4.78 is 46.1. The van der Waals surface area contributed by atoms with E-state index in [-0.39, 0.29) is 11.4 Å². The SMILES string of the molecule is CC(C)Cc1cc(C(=O)N[C@H](C)c2ccc(OCC(F)(F)F)cn2)no1. The van der Waals surface area contributed by atoms with Gasteiger partial charge in [-0.1, -0.05) is 19.0 Å². The molecule has 0 aliphatic heterocycles. The van der Waals surface area contributed by atoms with E-state index < -0.39 is 24.7 Å². The minimum absolute atomic E-state index is 0.000528. The highest BCUT2D eigenvalue weighted by molar-refractivity contribution is 5.92. The van der Waals surface area contributed by atoms with Crippen molar-refractivity contribution in [1.29, 1.82) is 0 Å². The first-order chi connectivity index (χ1) is 12.1. The van der Waals surface area contributed by atoms with Crippen molar-refractivity contribution in [2.45, 2.75) is 39.4 Å². The maximum absolute atomic E-state index is 12.2. The fourth-order valence-corrected chi connectivity index (χ4v) is 2.16. The molecule has 1 atom stereocenters. The second kappa shape index (κ2) is 8.20. The first-order valence-corrected chi connectivity index (χ1v) is 8.06. The van der Waals surface area contributed by atoms with E-state index in [9.17, 15) is 18.0 Å². The summed E-state index contributed by atoms with van der Waals surface area (Å²) in [4.78, 5) is 16.2. The molecule has 6 nitrogen and oxygen atoms in total. The summed E-state index contributed by atoms with van der Waals surface area (Å²) in [6.45, 7) is 4.37. The number of pyridine rings is 1. The number of rotatable bonds is 7. The minimum Gasteiger partial charge on any atom is -0.483 e. The molecule has 0 unspecified atom stereocenters. The second-order valence-corrected chi connectivity index (χ2v) is 6.29. The summed E-state index contributed by atoms with van der Waals surface area (Å²) in [5, 5.41) is 6.45. The van der Waals surface area contributed by atoms with E-state index >= 15 is 0 Å². The molecule has 0 bridgehead atoms. The number of nitrogens with one attached hydrogen (secondary N) is 1. The highest BCUT2D eigenvalue weighted by atomic mass is 19.4. The minimum atomic E-state index is -4.41. The number of hydrogen-bond acceptors (Lipinski definition) is 5. The predicted octanol–water partition coefficient (Wildman–Crippen LogP) is 3.70. The van der Waals surface area contributed by atoms with Crippen LogP contribution in [0.1, 0.15) is 48.8 Å². The predicted molar refractivity (Wildman–Crippen MR) is 86.7 cm³/mol. The summed E-state index contributed by atoms with van der Waals surface area (Å²) in [5.74, 6) is 0.581. The molecule has 0 aliphatic carbocycles. The monoisotopic (exact) mass is 371 g/mol. The molecule has 0 saturated carbocycles. The quantitative estimate of drug-likeness (QED) is 0.803. The van der Waals surface area contributed by atoms with E-state index in [2.05, 4.69) is 20.2 Å². The van der Waals surface area contributed by atoms with Crippen molar-refractivity contribution in [2.24, 2.45) is 5.92 Å². The van der Waals surface area contributed by atoms with Gasteiger partial charge in [-0.3, -0.25) is 9.78 Å². The smallest absolute Gasteiger partial charge is 0.422 e. The summed E-state index contributed by atoms with van der Waals surface area (Å²) in [6.07, 6.45) is -2.55. The Kier molecular flexibility index (Phi) is 6.23. The lowest BCUT2D eigenvalue weighted by Gasteiger charge is -2.13. The number of hydrogen-bond donors (Lipinski definition) is 1. The van der Waals surface area contributed by atoms with Crippen molar-refractivity contribution in [3.05, 3.63) is 41.5 Å². The van der Waals surface area contributed by atoms with Crippen LogP contribution in [0.4, 0.5) is 13.2 Å². The van der Waals surface area contributed by atoms with Crippen molar-refractivity contribution < 1.29 is 27.2 Å². The van der Waals surface area contributed by atoms with Crippen LogP contribution in [0.15, 0.2) is 28.9 Å². The number of halogens is 3. The van der Waals surface area contributed by atoms with Gasteiger partial charge in [0.25, 0.3) is 5.91 Å². The standard InChI is InChI=1S/C17H20F3N3O3/c1-10(2)6-13-7-15(23-26-13)16(24)22-11(3)14-5-4-12(8-21-14)25-9-17(18,19)20/h4-5,7-8,10-11H,6,9H2,1-3H3,(H,22,24)/t11-/m1/s1. The van der Waals surface area contributed by atoms with E-state index in [0.29, 0.717) is 23.8 Å². The molecular formula is C17H20F3N3O3. The average Bonchev–Trinajstić information content (AvgIpc) is 3.00. The topological polar surface area (TPSA) is 77.2 Å². The van der Waals surface area contributed by atoms with Crippen LogP contribution in [0.25, 0.3) is 0 Å². The third-order valence-electron chi connectivity index (χ3n) is 3.35. The highest BCUT2D eigenvalue weighted by Gasteiger charge is 2.28. The van der Waals surface area contributed by atoms with Crippen LogP contribution in [0.2, 0.25) is 0 Å². The van der Waals surface area contributed by atoms with E-state index in [0.717, 1.165) is 0 Å². The fourth-order valence-electron chi connectivity index (χ4n) is 2.16. The summed E-state index contributed by atoms with van der Waals surface area (Å²) in [7, 11) is 0. The molecule has 26 heavy (non-hydrogen) atoms. The zero-order chi connectivity index (χ0) is 19.3. The van der Waals surface area contributed by atoms with Gasteiger partial charge in [-0.15, -0.1) is 0 Å². The van der Waals surface area contributed by atoms with Crippen molar-refractivity contribution in [1.82, 2.24) is 15.5 Å². The lowest BCUT2D eigenvalue weighted by molar-refractivity contribution is -0.153. The van der Waals surface area contributed by atoms with Crippen LogP contribution >= 0.6 is 0 Å². The number of carbonyl (C=O) groups excluding carboxylic acids is 1. The van der Waals surface area contributed by atoms with E-state index in [1.165, 1.54) is 18.3 Å². The van der Waals surface area contributed by atoms with Crippen LogP contribution in [-0.4, -0.2) is 28.8 Å². The largest absolute Gasteiger partial charge is 0.483 e. The molecule has 1 N–H and O–H groups in total. The molecule has 2 aromatic rings. The highest BCUT2D eigenvalue weighted by Crippen LogP contribution is 2.19. The third-order valence-corrected chi connectivity index (χ3v) is 3.35.